The molecule has 2 aliphatic heterocycles. The number of hydrogen-bond donors (Lipinski definition) is 1. The molecule has 8 heteroatoms. The number of likely N-dealkylation sites (tertiary alicyclic amines) is 2. The van der Waals surface area contributed by atoms with Gasteiger partial charge in [0.15, 0.2) is 0 Å². The second kappa shape index (κ2) is 8.97. The molecule has 0 aliphatic carbocycles. The Morgan fingerprint density at radius 2 is 1.69 bits per heavy atom. The van der Waals surface area contributed by atoms with E-state index >= 15 is 0 Å². The molecule has 2 saturated heterocycles. The van der Waals surface area contributed by atoms with E-state index in [1.807, 2.05) is 30.3 Å². The third-order valence-corrected chi connectivity index (χ3v) is 6.48. The van der Waals surface area contributed by atoms with Crippen LogP contribution in [0, 0.1) is 5.82 Å². The normalized spacial score (nSPS) is 21.2. The molecule has 0 saturated carbocycles. The summed E-state index contributed by atoms with van der Waals surface area (Å²) in [5.41, 5.74) is 2.02. The summed E-state index contributed by atoms with van der Waals surface area (Å²) in [5.74, 6) is -0.781. The van der Waals surface area contributed by atoms with E-state index in [0.29, 0.717) is 13.1 Å². The third-order valence-electron chi connectivity index (χ3n) is 6.48. The summed E-state index contributed by atoms with van der Waals surface area (Å²) >= 11 is 0. The van der Waals surface area contributed by atoms with Gasteiger partial charge in [-0.15, -0.1) is 0 Å². The zero-order valence-electron chi connectivity index (χ0n) is 18.2. The summed E-state index contributed by atoms with van der Waals surface area (Å²) in [6, 6.07) is 13.7. The molecule has 0 radical (unpaired) electrons. The number of aliphatic hydroxyl groups is 1. The molecule has 0 bridgehead atoms. The van der Waals surface area contributed by atoms with Crippen LogP contribution in [0.4, 0.5) is 4.39 Å². The fourth-order valence-electron chi connectivity index (χ4n) is 5.16. The maximum absolute atomic E-state index is 13.6. The Hall–Kier alpha value is -2.81. The van der Waals surface area contributed by atoms with Crippen molar-refractivity contribution in [1.29, 1.82) is 0 Å². The number of aliphatic hydroxyl groups excluding tert-OH is 1. The Kier molecular flexibility index (Phi) is 6.28. The fourth-order valence-corrected chi connectivity index (χ4v) is 5.16. The Morgan fingerprint density at radius 3 is 2.28 bits per heavy atom. The van der Waals surface area contributed by atoms with Crippen molar-refractivity contribution >= 4 is 11.8 Å². The zero-order chi connectivity index (χ0) is 22.9. The van der Waals surface area contributed by atoms with Crippen molar-refractivity contribution in [2.45, 2.75) is 17.5 Å². The van der Waals surface area contributed by atoms with E-state index in [4.69, 9.17) is 9.47 Å². The van der Waals surface area contributed by atoms with Crippen LogP contribution in [0.2, 0.25) is 0 Å². The van der Waals surface area contributed by atoms with Crippen molar-refractivity contribution in [3.63, 3.8) is 0 Å². The lowest BCUT2D eigenvalue weighted by atomic mass is 9.60. The van der Waals surface area contributed by atoms with Crippen LogP contribution in [0.3, 0.4) is 0 Å². The van der Waals surface area contributed by atoms with Crippen LogP contribution in [0.5, 0.6) is 0 Å². The number of carbonyl (C=O) groups excluding carboxylic acids is 2. The van der Waals surface area contributed by atoms with Gasteiger partial charge in [-0.25, -0.2) is 4.39 Å². The molecule has 2 aliphatic rings. The van der Waals surface area contributed by atoms with Gasteiger partial charge in [0.1, 0.15) is 19.0 Å². The highest BCUT2D eigenvalue weighted by Crippen LogP contribution is 2.54. The van der Waals surface area contributed by atoms with Crippen LogP contribution in [-0.4, -0.2) is 85.4 Å². The molecule has 1 spiro atoms. The fraction of sp³-hybridized carbons (Fsp3) is 0.417. The van der Waals surface area contributed by atoms with Gasteiger partial charge in [0.05, 0.1) is 18.2 Å². The second-order valence-corrected chi connectivity index (χ2v) is 8.34. The lowest BCUT2D eigenvalue weighted by molar-refractivity contribution is -0.206. The Labute approximate surface area is 186 Å². The topological polar surface area (TPSA) is 79.3 Å². The standard InChI is InChI=1S/C24H27FN2O5/c1-31-12-21(29)26-14-24(15-26)23(20(11-28)27(24)22(30)13-32-2)17-8-6-16(7-9-17)18-4-3-5-19(25)10-18/h3-10,20,23,28H,11-15H2,1-2H3/t20-,23-/m1/s1. The van der Waals surface area contributed by atoms with E-state index in [1.165, 1.54) is 26.4 Å². The smallest absolute Gasteiger partial charge is 0.249 e. The summed E-state index contributed by atoms with van der Waals surface area (Å²) in [4.78, 5) is 28.4. The van der Waals surface area contributed by atoms with Crippen molar-refractivity contribution in [3.8, 4) is 11.1 Å². The molecule has 1 N–H and O–H groups in total. The van der Waals surface area contributed by atoms with E-state index in [2.05, 4.69) is 0 Å². The molecular formula is C24H27FN2O5. The minimum absolute atomic E-state index is 0.0154. The van der Waals surface area contributed by atoms with Crippen LogP contribution in [0.25, 0.3) is 11.1 Å². The first-order valence-corrected chi connectivity index (χ1v) is 10.5. The minimum atomic E-state index is -0.590. The number of methoxy groups -OCH3 is 2. The SMILES string of the molecule is COCC(=O)N1CC2(C1)[C@H](c1ccc(-c3cccc(F)c3)cc1)[C@@H](CO)N2C(=O)COC. The van der Waals surface area contributed by atoms with Gasteiger partial charge in [-0.3, -0.25) is 9.59 Å². The highest BCUT2D eigenvalue weighted by atomic mass is 19.1. The number of ether oxygens (including phenoxy) is 2. The predicted molar refractivity (Wildman–Crippen MR) is 115 cm³/mol. The summed E-state index contributed by atoms with van der Waals surface area (Å²) in [6.45, 7) is 0.447. The number of hydrogen-bond acceptors (Lipinski definition) is 5. The quantitative estimate of drug-likeness (QED) is 0.706. The van der Waals surface area contributed by atoms with Crippen molar-refractivity contribution in [2.24, 2.45) is 0 Å². The van der Waals surface area contributed by atoms with Gasteiger partial charge >= 0.3 is 0 Å². The van der Waals surface area contributed by atoms with Crippen LogP contribution < -0.4 is 0 Å². The third kappa shape index (κ3) is 3.68. The lowest BCUT2D eigenvalue weighted by Crippen LogP contribution is -2.86. The molecule has 32 heavy (non-hydrogen) atoms. The number of halogens is 1. The molecule has 7 nitrogen and oxygen atoms in total. The highest BCUT2D eigenvalue weighted by molar-refractivity contribution is 5.84. The van der Waals surface area contributed by atoms with Gasteiger partial charge < -0.3 is 24.4 Å². The molecule has 2 atom stereocenters. The van der Waals surface area contributed by atoms with Crippen molar-refractivity contribution in [2.75, 3.05) is 47.1 Å². The number of nitrogens with zero attached hydrogens (tertiary/aromatic N) is 2. The van der Waals surface area contributed by atoms with E-state index in [1.54, 1.807) is 15.9 Å². The summed E-state index contributed by atoms with van der Waals surface area (Å²) in [6.07, 6.45) is 0. The highest BCUT2D eigenvalue weighted by Gasteiger charge is 2.67. The molecule has 0 unspecified atom stereocenters. The van der Waals surface area contributed by atoms with Gasteiger partial charge in [0, 0.05) is 33.2 Å². The van der Waals surface area contributed by atoms with Crippen molar-refractivity contribution in [1.82, 2.24) is 9.80 Å². The van der Waals surface area contributed by atoms with Gasteiger partial charge in [-0.05, 0) is 28.8 Å². The van der Waals surface area contributed by atoms with Gasteiger partial charge in [-0.2, -0.15) is 0 Å². The minimum Gasteiger partial charge on any atom is -0.394 e. The van der Waals surface area contributed by atoms with Gasteiger partial charge in [0.25, 0.3) is 0 Å². The van der Waals surface area contributed by atoms with Gasteiger partial charge in [0.2, 0.25) is 11.8 Å². The molecule has 2 aromatic rings. The first-order chi connectivity index (χ1) is 15.4. The predicted octanol–water partition coefficient (Wildman–Crippen LogP) is 1.65. The molecule has 170 valence electrons. The lowest BCUT2D eigenvalue weighted by Gasteiger charge is -2.70. The largest absolute Gasteiger partial charge is 0.394 e. The Bertz CT molecular complexity index is 990. The van der Waals surface area contributed by atoms with Crippen molar-refractivity contribution in [3.05, 3.63) is 59.9 Å². The maximum atomic E-state index is 13.6. The van der Waals surface area contributed by atoms with Gasteiger partial charge in [-0.1, -0.05) is 36.4 Å². The van der Waals surface area contributed by atoms with Crippen LogP contribution in [0.1, 0.15) is 11.5 Å². The number of amides is 2. The number of rotatable bonds is 7. The molecule has 2 aromatic carbocycles. The summed E-state index contributed by atoms with van der Waals surface area (Å²) in [5, 5.41) is 10.1. The average molecular weight is 442 g/mol. The summed E-state index contributed by atoms with van der Waals surface area (Å²) in [7, 11) is 2.92. The average Bonchev–Trinajstić information content (AvgIpc) is 2.73. The zero-order valence-corrected chi connectivity index (χ0v) is 18.2. The molecule has 2 fully saturated rings. The molecule has 4 rings (SSSR count). The first kappa shape index (κ1) is 22.4. The Morgan fingerprint density at radius 1 is 1.03 bits per heavy atom. The number of carbonyl (C=O) groups is 2. The van der Waals surface area contributed by atoms with Crippen LogP contribution >= 0.6 is 0 Å². The van der Waals surface area contributed by atoms with Crippen LogP contribution in [-0.2, 0) is 19.1 Å². The monoisotopic (exact) mass is 442 g/mol. The molecule has 2 amide bonds. The molecule has 0 aromatic heterocycles. The van der Waals surface area contributed by atoms with E-state index in [9.17, 15) is 19.1 Å². The Balaban J connectivity index is 1.62. The first-order valence-electron chi connectivity index (χ1n) is 10.5. The van der Waals surface area contributed by atoms with Crippen LogP contribution in [0.15, 0.2) is 48.5 Å². The molecule has 2 heterocycles. The number of benzene rings is 2. The summed E-state index contributed by atoms with van der Waals surface area (Å²) < 4.78 is 23.6. The van der Waals surface area contributed by atoms with E-state index in [0.717, 1.165) is 16.7 Å². The second-order valence-electron chi connectivity index (χ2n) is 8.34. The van der Waals surface area contributed by atoms with E-state index < -0.39 is 11.6 Å². The van der Waals surface area contributed by atoms with Crippen molar-refractivity contribution < 1.29 is 28.6 Å². The van der Waals surface area contributed by atoms with E-state index in [-0.39, 0.29) is 43.4 Å². The maximum Gasteiger partial charge on any atom is 0.249 e. The molecular weight excluding hydrogens is 415 g/mol.